The number of pyridine rings is 1. The van der Waals surface area contributed by atoms with E-state index in [1.54, 1.807) is 12.3 Å². The monoisotopic (exact) mass is 288 g/mol. The number of nitrogens with zero attached hydrogens (tertiary/aromatic N) is 1. The van der Waals surface area contributed by atoms with Gasteiger partial charge in [0, 0.05) is 6.04 Å². The number of benzene rings is 1. The van der Waals surface area contributed by atoms with Gasteiger partial charge in [0.2, 0.25) is 0 Å². The minimum atomic E-state index is -0.259. The topological polar surface area (TPSA) is 34.1 Å². The van der Waals surface area contributed by atoms with Gasteiger partial charge in [-0.2, -0.15) is 0 Å². The molecule has 0 aliphatic carbocycles. The van der Waals surface area contributed by atoms with Gasteiger partial charge in [-0.3, -0.25) is 4.98 Å². The third-order valence-corrected chi connectivity index (χ3v) is 3.34. The number of aromatic nitrogens is 1. The molecular weight excluding hydrogens is 267 g/mol. The van der Waals surface area contributed by atoms with E-state index in [4.69, 9.17) is 4.74 Å². The highest BCUT2D eigenvalue weighted by Gasteiger charge is 2.09. The number of rotatable bonds is 6. The van der Waals surface area contributed by atoms with E-state index in [0.29, 0.717) is 11.5 Å². The standard InChI is InChI=1S/C17H21FN2O/c1-4-15(19-5-2)16-8-7-14(11-20-16)21-17-9-6-13(18)10-12(17)3/h6-11,15,19H,4-5H2,1-3H3. The van der Waals surface area contributed by atoms with Gasteiger partial charge in [-0.15, -0.1) is 0 Å². The summed E-state index contributed by atoms with van der Waals surface area (Å²) < 4.78 is 18.8. The predicted octanol–water partition coefficient (Wildman–Crippen LogP) is 4.38. The molecule has 2 aromatic rings. The highest BCUT2D eigenvalue weighted by atomic mass is 19.1. The number of nitrogens with one attached hydrogen (secondary N) is 1. The molecule has 1 atom stereocenters. The van der Waals surface area contributed by atoms with Gasteiger partial charge in [-0.25, -0.2) is 4.39 Å². The summed E-state index contributed by atoms with van der Waals surface area (Å²) in [6, 6.07) is 8.59. The fourth-order valence-corrected chi connectivity index (χ4v) is 2.22. The maximum atomic E-state index is 13.1. The van der Waals surface area contributed by atoms with Gasteiger partial charge < -0.3 is 10.1 Å². The van der Waals surface area contributed by atoms with Crippen LogP contribution in [0.5, 0.6) is 11.5 Å². The summed E-state index contributed by atoms with van der Waals surface area (Å²) in [5.74, 6) is 1.04. The Hall–Kier alpha value is -1.94. The van der Waals surface area contributed by atoms with Gasteiger partial charge in [-0.1, -0.05) is 13.8 Å². The zero-order chi connectivity index (χ0) is 15.2. The minimum absolute atomic E-state index is 0.259. The second kappa shape index (κ2) is 7.18. The van der Waals surface area contributed by atoms with E-state index in [9.17, 15) is 4.39 Å². The molecule has 0 spiro atoms. The highest BCUT2D eigenvalue weighted by Crippen LogP contribution is 2.26. The predicted molar refractivity (Wildman–Crippen MR) is 82.2 cm³/mol. The van der Waals surface area contributed by atoms with Crippen molar-refractivity contribution in [3.05, 3.63) is 53.6 Å². The summed E-state index contributed by atoms with van der Waals surface area (Å²) in [5.41, 5.74) is 1.76. The Labute approximate surface area is 125 Å². The number of hydrogen-bond acceptors (Lipinski definition) is 3. The fraction of sp³-hybridized carbons (Fsp3) is 0.353. The van der Waals surface area contributed by atoms with Crippen LogP contribution in [0, 0.1) is 12.7 Å². The van der Waals surface area contributed by atoms with E-state index in [1.807, 2.05) is 19.1 Å². The van der Waals surface area contributed by atoms with E-state index in [-0.39, 0.29) is 11.9 Å². The fourth-order valence-electron chi connectivity index (χ4n) is 2.22. The van der Waals surface area contributed by atoms with Crippen molar-refractivity contribution >= 4 is 0 Å². The van der Waals surface area contributed by atoms with E-state index in [1.165, 1.54) is 12.1 Å². The van der Waals surface area contributed by atoms with Crippen molar-refractivity contribution in [2.24, 2.45) is 0 Å². The first-order chi connectivity index (χ1) is 10.1. The van der Waals surface area contributed by atoms with Gasteiger partial charge in [0.15, 0.2) is 0 Å². The summed E-state index contributed by atoms with van der Waals surface area (Å²) in [6.45, 7) is 6.93. The van der Waals surface area contributed by atoms with Gasteiger partial charge in [-0.05, 0) is 55.8 Å². The lowest BCUT2D eigenvalue weighted by Gasteiger charge is -2.15. The summed E-state index contributed by atoms with van der Waals surface area (Å²) in [6.07, 6.45) is 2.69. The molecular formula is C17H21FN2O. The van der Waals surface area contributed by atoms with Crippen LogP contribution < -0.4 is 10.1 Å². The summed E-state index contributed by atoms with van der Waals surface area (Å²) in [5, 5.41) is 3.39. The first kappa shape index (κ1) is 15.4. The molecule has 1 N–H and O–H groups in total. The van der Waals surface area contributed by atoms with Crippen molar-refractivity contribution in [2.75, 3.05) is 6.54 Å². The maximum Gasteiger partial charge on any atom is 0.145 e. The molecule has 0 saturated carbocycles. The van der Waals surface area contributed by atoms with E-state index in [2.05, 4.69) is 24.1 Å². The average molecular weight is 288 g/mol. The number of halogens is 1. The molecule has 1 unspecified atom stereocenters. The van der Waals surface area contributed by atoms with Crippen LogP contribution in [-0.4, -0.2) is 11.5 Å². The van der Waals surface area contributed by atoms with Gasteiger partial charge in [0.25, 0.3) is 0 Å². The SMILES string of the molecule is CCNC(CC)c1ccc(Oc2ccc(F)cc2C)cn1. The summed E-state index contributed by atoms with van der Waals surface area (Å²) in [4.78, 5) is 4.45. The largest absolute Gasteiger partial charge is 0.455 e. The summed E-state index contributed by atoms with van der Waals surface area (Å²) in [7, 11) is 0. The number of hydrogen-bond donors (Lipinski definition) is 1. The lowest BCUT2D eigenvalue weighted by Crippen LogP contribution is -2.20. The maximum absolute atomic E-state index is 13.1. The Morgan fingerprint density at radius 2 is 2.05 bits per heavy atom. The molecule has 1 heterocycles. The van der Waals surface area contributed by atoms with Gasteiger partial charge in [0.05, 0.1) is 11.9 Å². The van der Waals surface area contributed by atoms with Crippen LogP contribution in [0.25, 0.3) is 0 Å². The molecule has 1 aromatic carbocycles. The van der Waals surface area contributed by atoms with Crippen molar-refractivity contribution in [2.45, 2.75) is 33.2 Å². The average Bonchev–Trinajstić information content (AvgIpc) is 2.48. The molecule has 1 aromatic heterocycles. The number of aryl methyl sites for hydroxylation is 1. The highest BCUT2D eigenvalue weighted by molar-refractivity contribution is 5.36. The first-order valence-electron chi connectivity index (χ1n) is 7.27. The second-order valence-electron chi connectivity index (χ2n) is 4.95. The Balaban J connectivity index is 2.11. The molecule has 3 nitrogen and oxygen atoms in total. The first-order valence-corrected chi connectivity index (χ1v) is 7.27. The van der Waals surface area contributed by atoms with Crippen molar-refractivity contribution < 1.29 is 9.13 Å². The van der Waals surface area contributed by atoms with Gasteiger partial charge >= 0.3 is 0 Å². The minimum Gasteiger partial charge on any atom is -0.455 e. The van der Waals surface area contributed by atoms with Gasteiger partial charge in [0.1, 0.15) is 17.3 Å². The number of ether oxygens (including phenoxy) is 1. The molecule has 0 bridgehead atoms. The molecule has 0 fully saturated rings. The van der Waals surface area contributed by atoms with Crippen LogP contribution >= 0.6 is 0 Å². The summed E-state index contributed by atoms with van der Waals surface area (Å²) >= 11 is 0. The Morgan fingerprint density at radius 3 is 2.62 bits per heavy atom. The molecule has 2 rings (SSSR count). The van der Waals surface area contributed by atoms with Crippen molar-refractivity contribution in [1.82, 2.24) is 10.3 Å². The molecule has 4 heteroatoms. The van der Waals surface area contributed by atoms with Crippen LogP contribution in [0.2, 0.25) is 0 Å². The third kappa shape index (κ3) is 4.02. The zero-order valence-electron chi connectivity index (χ0n) is 12.7. The smallest absolute Gasteiger partial charge is 0.145 e. The van der Waals surface area contributed by atoms with Crippen LogP contribution in [0.1, 0.15) is 37.6 Å². The molecule has 0 saturated heterocycles. The van der Waals surface area contributed by atoms with Crippen LogP contribution in [0.3, 0.4) is 0 Å². The lowest BCUT2D eigenvalue weighted by molar-refractivity contribution is 0.470. The van der Waals surface area contributed by atoms with E-state index >= 15 is 0 Å². The third-order valence-electron chi connectivity index (χ3n) is 3.34. The molecule has 112 valence electrons. The zero-order valence-corrected chi connectivity index (χ0v) is 12.7. The lowest BCUT2D eigenvalue weighted by atomic mass is 10.1. The normalized spacial score (nSPS) is 12.2. The molecule has 0 amide bonds. The molecule has 21 heavy (non-hydrogen) atoms. The van der Waals surface area contributed by atoms with Crippen LogP contribution in [0.4, 0.5) is 4.39 Å². The second-order valence-corrected chi connectivity index (χ2v) is 4.95. The molecule has 0 radical (unpaired) electrons. The molecule has 0 aliphatic rings. The van der Waals surface area contributed by atoms with Crippen molar-refractivity contribution in [3.63, 3.8) is 0 Å². The van der Waals surface area contributed by atoms with Crippen molar-refractivity contribution in [1.29, 1.82) is 0 Å². The van der Waals surface area contributed by atoms with E-state index < -0.39 is 0 Å². The van der Waals surface area contributed by atoms with E-state index in [0.717, 1.165) is 24.2 Å². The Bertz CT molecular complexity index is 584. The van der Waals surface area contributed by atoms with Crippen molar-refractivity contribution in [3.8, 4) is 11.5 Å². The van der Waals surface area contributed by atoms with Crippen LogP contribution in [-0.2, 0) is 0 Å². The quantitative estimate of drug-likeness (QED) is 0.856. The molecule has 0 aliphatic heterocycles. The van der Waals surface area contributed by atoms with Crippen LogP contribution in [0.15, 0.2) is 36.5 Å². The Morgan fingerprint density at radius 1 is 1.24 bits per heavy atom. The Kier molecular flexibility index (Phi) is 5.28.